The van der Waals surface area contributed by atoms with Gasteiger partial charge in [-0.15, -0.1) is 0 Å². The molecular formula is C9H15NO3. The first-order valence-electron chi connectivity index (χ1n) is 4.83. The zero-order valence-electron chi connectivity index (χ0n) is 7.44. The van der Waals surface area contributed by atoms with Gasteiger partial charge in [0.05, 0.1) is 6.10 Å². The first kappa shape index (κ1) is 8.97. The van der Waals surface area contributed by atoms with E-state index in [1.165, 1.54) is 0 Å². The maximum Gasteiger partial charge on any atom is 0.320 e. The highest BCUT2D eigenvalue weighted by Crippen LogP contribution is 2.33. The van der Waals surface area contributed by atoms with Crippen molar-refractivity contribution in [3.05, 3.63) is 0 Å². The summed E-state index contributed by atoms with van der Waals surface area (Å²) in [5.74, 6) is -0.298. The van der Waals surface area contributed by atoms with Crippen LogP contribution in [0, 0.1) is 5.92 Å². The minimum Gasteiger partial charge on any atom is -0.480 e. The molecule has 0 aromatic carbocycles. The molecule has 0 bridgehead atoms. The number of nitrogens with one attached hydrogen (secondary N) is 1. The van der Waals surface area contributed by atoms with Gasteiger partial charge in [0.1, 0.15) is 6.04 Å². The molecular weight excluding hydrogens is 170 g/mol. The molecule has 4 atom stereocenters. The fraction of sp³-hybridized carbons (Fsp3) is 0.889. The van der Waals surface area contributed by atoms with Crippen molar-refractivity contribution in [3.8, 4) is 0 Å². The molecule has 1 aliphatic heterocycles. The lowest BCUT2D eigenvalue weighted by atomic mass is 9.83. The third kappa shape index (κ3) is 1.69. The van der Waals surface area contributed by atoms with Gasteiger partial charge < -0.3 is 15.5 Å². The van der Waals surface area contributed by atoms with Crippen LogP contribution >= 0.6 is 0 Å². The van der Waals surface area contributed by atoms with Crippen molar-refractivity contribution >= 4 is 5.97 Å². The molecule has 2 aliphatic rings. The lowest BCUT2D eigenvalue weighted by molar-refractivity contribution is -0.139. The number of rotatable bonds is 1. The van der Waals surface area contributed by atoms with Crippen molar-refractivity contribution in [2.45, 2.75) is 43.9 Å². The van der Waals surface area contributed by atoms with Crippen molar-refractivity contribution in [2.75, 3.05) is 0 Å². The van der Waals surface area contributed by atoms with E-state index in [4.69, 9.17) is 5.11 Å². The molecule has 4 heteroatoms. The molecule has 3 N–H and O–H groups in total. The number of aliphatic carboxylic acids is 1. The molecule has 2 fully saturated rings. The van der Waals surface area contributed by atoms with Gasteiger partial charge in [0.15, 0.2) is 0 Å². The zero-order chi connectivity index (χ0) is 9.42. The average Bonchev–Trinajstić information content (AvgIpc) is 2.46. The van der Waals surface area contributed by atoms with Gasteiger partial charge in [-0.1, -0.05) is 0 Å². The molecule has 0 amide bonds. The van der Waals surface area contributed by atoms with E-state index in [1.807, 2.05) is 0 Å². The molecule has 1 aliphatic carbocycles. The highest BCUT2D eigenvalue weighted by Gasteiger charge is 2.40. The van der Waals surface area contributed by atoms with Crippen LogP contribution in [0.5, 0.6) is 0 Å². The summed E-state index contributed by atoms with van der Waals surface area (Å²) in [6, 6.07) is -0.162. The van der Waals surface area contributed by atoms with E-state index in [-0.39, 0.29) is 18.2 Å². The molecule has 0 spiro atoms. The van der Waals surface area contributed by atoms with Gasteiger partial charge in [0.2, 0.25) is 0 Å². The smallest absolute Gasteiger partial charge is 0.320 e. The Kier molecular flexibility index (Phi) is 2.26. The standard InChI is InChI=1S/C9H15NO3/c11-6-2-1-5-3-8(9(12)13)10-7(5)4-6/h5-8,10-11H,1-4H2,(H,12,13)/t5-,6+,7-,8-/m0/s1. The Morgan fingerprint density at radius 1 is 1.31 bits per heavy atom. The Bertz CT molecular complexity index is 219. The SMILES string of the molecule is O=C(O)[C@@H]1C[C@@H]2CC[C@@H](O)C[C@@H]2N1. The van der Waals surface area contributed by atoms with Gasteiger partial charge in [0, 0.05) is 6.04 Å². The van der Waals surface area contributed by atoms with Crippen molar-refractivity contribution in [1.82, 2.24) is 5.32 Å². The summed E-state index contributed by atoms with van der Waals surface area (Å²) in [7, 11) is 0. The third-order valence-electron chi connectivity index (χ3n) is 3.22. The van der Waals surface area contributed by atoms with E-state index in [0.717, 1.165) is 19.3 Å². The van der Waals surface area contributed by atoms with Crippen molar-refractivity contribution in [1.29, 1.82) is 0 Å². The van der Waals surface area contributed by atoms with E-state index in [0.29, 0.717) is 12.3 Å². The average molecular weight is 185 g/mol. The third-order valence-corrected chi connectivity index (χ3v) is 3.22. The molecule has 1 heterocycles. The monoisotopic (exact) mass is 185 g/mol. The van der Waals surface area contributed by atoms with E-state index in [9.17, 15) is 9.90 Å². The highest BCUT2D eigenvalue weighted by molar-refractivity contribution is 5.74. The molecule has 13 heavy (non-hydrogen) atoms. The fourth-order valence-corrected chi connectivity index (χ4v) is 2.50. The first-order chi connectivity index (χ1) is 6.16. The number of hydrogen-bond donors (Lipinski definition) is 3. The molecule has 1 saturated carbocycles. The zero-order valence-corrected chi connectivity index (χ0v) is 7.44. The molecule has 2 rings (SSSR count). The minimum atomic E-state index is -0.760. The van der Waals surface area contributed by atoms with Gasteiger partial charge in [-0.05, 0) is 31.6 Å². The summed E-state index contributed by atoms with van der Waals surface area (Å²) in [6.07, 6.45) is 3.00. The maximum atomic E-state index is 10.7. The number of carboxylic acid groups (broad SMARTS) is 1. The lowest BCUT2D eigenvalue weighted by Gasteiger charge is -2.28. The summed E-state index contributed by atoms with van der Waals surface area (Å²) in [6.45, 7) is 0. The van der Waals surface area contributed by atoms with Crippen LogP contribution in [0.1, 0.15) is 25.7 Å². The number of aliphatic hydroxyl groups excluding tert-OH is 1. The molecule has 1 saturated heterocycles. The summed E-state index contributed by atoms with van der Waals surface area (Å²) in [5.41, 5.74) is 0. The van der Waals surface area contributed by atoms with Crippen LogP contribution in [0.2, 0.25) is 0 Å². The van der Waals surface area contributed by atoms with Crippen molar-refractivity contribution in [3.63, 3.8) is 0 Å². The second-order valence-electron chi connectivity index (χ2n) is 4.13. The first-order valence-corrected chi connectivity index (χ1v) is 4.83. The second-order valence-corrected chi connectivity index (χ2v) is 4.13. The van der Waals surface area contributed by atoms with Gasteiger partial charge >= 0.3 is 5.97 Å². The predicted molar refractivity (Wildman–Crippen MR) is 46.3 cm³/mol. The molecule has 0 aromatic heterocycles. The van der Waals surface area contributed by atoms with Crippen LogP contribution in [0.3, 0.4) is 0 Å². The quantitative estimate of drug-likeness (QED) is 0.536. The molecule has 0 radical (unpaired) electrons. The number of aliphatic hydroxyl groups is 1. The Morgan fingerprint density at radius 2 is 2.08 bits per heavy atom. The lowest BCUT2D eigenvalue weighted by Crippen LogP contribution is -2.40. The number of fused-ring (bicyclic) bond motifs is 1. The Balaban J connectivity index is 1.98. The van der Waals surface area contributed by atoms with Crippen molar-refractivity contribution in [2.24, 2.45) is 5.92 Å². The highest BCUT2D eigenvalue weighted by atomic mass is 16.4. The summed E-state index contributed by atoms with van der Waals surface area (Å²) in [4.78, 5) is 10.7. The topological polar surface area (TPSA) is 69.6 Å². The van der Waals surface area contributed by atoms with Crippen LogP contribution in [0.4, 0.5) is 0 Å². The van der Waals surface area contributed by atoms with Crippen LogP contribution in [0.15, 0.2) is 0 Å². The Labute approximate surface area is 76.9 Å². The predicted octanol–water partition coefficient (Wildman–Crippen LogP) is -0.0375. The van der Waals surface area contributed by atoms with Crippen LogP contribution in [0.25, 0.3) is 0 Å². The van der Waals surface area contributed by atoms with Crippen LogP contribution < -0.4 is 5.32 Å². The van der Waals surface area contributed by atoms with E-state index < -0.39 is 5.97 Å². The van der Waals surface area contributed by atoms with Gasteiger partial charge in [-0.2, -0.15) is 0 Å². The summed E-state index contributed by atoms with van der Waals surface area (Å²) in [5, 5.41) is 21.3. The van der Waals surface area contributed by atoms with E-state index >= 15 is 0 Å². The molecule has 0 aromatic rings. The maximum absolute atomic E-state index is 10.7. The number of carboxylic acids is 1. The van der Waals surface area contributed by atoms with Gasteiger partial charge in [0.25, 0.3) is 0 Å². The van der Waals surface area contributed by atoms with E-state index in [1.54, 1.807) is 0 Å². The summed E-state index contributed by atoms with van der Waals surface area (Å²) >= 11 is 0. The van der Waals surface area contributed by atoms with Gasteiger partial charge in [-0.25, -0.2) is 0 Å². The fourth-order valence-electron chi connectivity index (χ4n) is 2.50. The molecule has 0 unspecified atom stereocenters. The molecule has 74 valence electrons. The van der Waals surface area contributed by atoms with Gasteiger partial charge in [-0.3, -0.25) is 4.79 Å². The minimum absolute atomic E-state index is 0.227. The number of carbonyl (C=O) groups is 1. The normalized spacial score (nSPS) is 44.4. The van der Waals surface area contributed by atoms with Crippen molar-refractivity contribution < 1.29 is 15.0 Å². The van der Waals surface area contributed by atoms with E-state index in [2.05, 4.69) is 5.32 Å². The summed E-state index contributed by atoms with van der Waals surface area (Å²) < 4.78 is 0. The van der Waals surface area contributed by atoms with Crippen LogP contribution in [-0.4, -0.2) is 34.4 Å². The Hall–Kier alpha value is -0.610. The largest absolute Gasteiger partial charge is 0.480 e. The molecule has 4 nitrogen and oxygen atoms in total. The second kappa shape index (κ2) is 3.27. The number of hydrogen-bond acceptors (Lipinski definition) is 3. The van der Waals surface area contributed by atoms with Crippen LogP contribution in [-0.2, 0) is 4.79 Å². The Morgan fingerprint density at radius 3 is 2.77 bits per heavy atom.